The van der Waals surface area contributed by atoms with E-state index in [1.807, 2.05) is 6.92 Å². The van der Waals surface area contributed by atoms with Crippen LogP contribution in [0.5, 0.6) is 0 Å². The lowest BCUT2D eigenvalue weighted by atomic mass is 9.96. The molecule has 0 saturated carbocycles. The van der Waals surface area contributed by atoms with Crippen LogP contribution in [0.1, 0.15) is 130 Å². The number of hydrogen-bond donors (Lipinski definition) is 0. The Morgan fingerprint density at radius 3 is 1.69 bits per heavy atom. The van der Waals surface area contributed by atoms with Crippen LogP contribution < -0.4 is 0 Å². The van der Waals surface area contributed by atoms with Crippen molar-refractivity contribution in [3.8, 4) is 0 Å². The van der Waals surface area contributed by atoms with Gasteiger partial charge in [0.1, 0.15) is 0 Å². The normalized spacial score (nSPS) is 13.5. The van der Waals surface area contributed by atoms with Gasteiger partial charge >= 0.3 is 5.97 Å². The average Bonchev–Trinajstić information content (AvgIpc) is 2.64. The molecule has 0 aliphatic rings. The third kappa shape index (κ3) is 16.9. The van der Waals surface area contributed by atoms with Gasteiger partial charge in [-0.15, -0.1) is 0 Å². The first-order valence-corrected chi connectivity index (χ1v) is 11.8. The molecule has 0 aromatic heterocycles. The minimum absolute atomic E-state index is 0.0124. The van der Waals surface area contributed by atoms with Crippen LogP contribution in [0, 0.1) is 11.8 Å². The Balaban J connectivity index is 3.37. The Morgan fingerprint density at radius 1 is 0.654 bits per heavy atom. The maximum Gasteiger partial charge on any atom is 0.308 e. The Kier molecular flexibility index (Phi) is 18.8. The van der Waals surface area contributed by atoms with Gasteiger partial charge in [0.2, 0.25) is 0 Å². The molecule has 0 amide bonds. The van der Waals surface area contributed by atoms with E-state index >= 15 is 0 Å². The van der Waals surface area contributed by atoms with E-state index < -0.39 is 0 Å². The first-order valence-electron chi connectivity index (χ1n) is 11.8. The summed E-state index contributed by atoms with van der Waals surface area (Å²) in [6.45, 7) is 9.53. The molecule has 0 aromatic carbocycles. The minimum atomic E-state index is 0.0124. The minimum Gasteiger partial charge on any atom is -0.465 e. The van der Waals surface area contributed by atoms with Gasteiger partial charge in [-0.2, -0.15) is 0 Å². The monoisotopic (exact) mass is 368 g/mol. The van der Waals surface area contributed by atoms with Crippen molar-refractivity contribution in [2.75, 3.05) is 6.61 Å². The van der Waals surface area contributed by atoms with E-state index in [2.05, 4.69) is 20.8 Å². The van der Waals surface area contributed by atoms with Crippen molar-refractivity contribution in [1.82, 2.24) is 0 Å². The molecule has 0 rings (SSSR count). The fourth-order valence-corrected chi connectivity index (χ4v) is 3.50. The number of ether oxygens (including phenoxy) is 1. The predicted octanol–water partition coefficient (Wildman–Crippen LogP) is 8.08. The molecule has 0 spiro atoms. The summed E-state index contributed by atoms with van der Waals surface area (Å²) in [4.78, 5) is 11.9. The third-order valence-electron chi connectivity index (χ3n) is 5.53. The van der Waals surface area contributed by atoms with E-state index in [9.17, 15) is 4.79 Å². The summed E-state index contributed by atoms with van der Waals surface area (Å²) in [5.74, 6) is 0.982. The van der Waals surface area contributed by atoms with Crippen molar-refractivity contribution >= 4 is 5.97 Å². The topological polar surface area (TPSA) is 26.3 Å². The molecular formula is C24H48O2. The van der Waals surface area contributed by atoms with Gasteiger partial charge < -0.3 is 4.74 Å². The van der Waals surface area contributed by atoms with Gasteiger partial charge in [0.15, 0.2) is 0 Å². The quantitative estimate of drug-likeness (QED) is 0.170. The number of rotatable bonds is 19. The van der Waals surface area contributed by atoms with Crippen LogP contribution in [0.15, 0.2) is 0 Å². The van der Waals surface area contributed by atoms with Crippen molar-refractivity contribution < 1.29 is 9.53 Å². The number of carbonyl (C=O) groups excluding carboxylic acids is 1. The van der Waals surface area contributed by atoms with Gasteiger partial charge in [-0.1, -0.05) is 118 Å². The molecule has 0 aliphatic heterocycles. The molecule has 0 heterocycles. The van der Waals surface area contributed by atoms with Crippen molar-refractivity contribution in [3.63, 3.8) is 0 Å². The first-order chi connectivity index (χ1) is 12.6. The lowest BCUT2D eigenvalue weighted by Crippen LogP contribution is -2.15. The van der Waals surface area contributed by atoms with Crippen molar-refractivity contribution in [2.45, 2.75) is 130 Å². The van der Waals surface area contributed by atoms with Crippen LogP contribution in [0.25, 0.3) is 0 Å². The lowest BCUT2D eigenvalue weighted by Gasteiger charge is -2.12. The Morgan fingerprint density at radius 2 is 1.12 bits per heavy atom. The molecule has 2 nitrogen and oxygen atoms in total. The van der Waals surface area contributed by atoms with Crippen molar-refractivity contribution in [3.05, 3.63) is 0 Å². The summed E-state index contributed by atoms with van der Waals surface area (Å²) < 4.78 is 5.43. The van der Waals surface area contributed by atoms with Gasteiger partial charge in [0.25, 0.3) is 0 Å². The number of hydrogen-bond acceptors (Lipinski definition) is 2. The number of unbranched alkanes of at least 4 members (excludes halogenated alkanes) is 10. The summed E-state index contributed by atoms with van der Waals surface area (Å²) in [6, 6.07) is 0. The van der Waals surface area contributed by atoms with Crippen molar-refractivity contribution in [1.29, 1.82) is 0 Å². The van der Waals surface area contributed by atoms with Crippen LogP contribution in [0.4, 0.5) is 0 Å². The zero-order valence-corrected chi connectivity index (χ0v) is 18.5. The van der Waals surface area contributed by atoms with E-state index in [1.54, 1.807) is 0 Å². The highest BCUT2D eigenvalue weighted by molar-refractivity contribution is 5.71. The van der Waals surface area contributed by atoms with Gasteiger partial charge in [0, 0.05) is 0 Å². The zero-order chi connectivity index (χ0) is 19.5. The molecule has 156 valence electrons. The van der Waals surface area contributed by atoms with Crippen LogP contribution in [-0.4, -0.2) is 12.6 Å². The summed E-state index contributed by atoms with van der Waals surface area (Å²) in [5, 5.41) is 0. The largest absolute Gasteiger partial charge is 0.465 e. The summed E-state index contributed by atoms with van der Waals surface area (Å²) in [6.07, 6.45) is 20.5. The maximum atomic E-state index is 11.9. The highest BCUT2D eigenvalue weighted by Gasteiger charge is 2.13. The molecular weight excluding hydrogens is 320 g/mol. The highest BCUT2D eigenvalue weighted by atomic mass is 16.5. The Bertz CT molecular complexity index is 301. The van der Waals surface area contributed by atoms with E-state index in [1.165, 1.54) is 83.5 Å². The predicted molar refractivity (Wildman–Crippen MR) is 115 cm³/mol. The first kappa shape index (κ1) is 25.5. The van der Waals surface area contributed by atoms with Gasteiger partial charge in [-0.05, 0) is 18.8 Å². The second-order valence-electron chi connectivity index (χ2n) is 8.43. The van der Waals surface area contributed by atoms with E-state index in [0.29, 0.717) is 6.61 Å². The fourth-order valence-electron chi connectivity index (χ4n) is 3.50. The molecule has 0 N–H and O–H groups in total. The molecule has 26 heavy (non-hydrogen) atoms. The van der Waals surface area contributed by atoms with Crippen LogP contribution in [-0.2, 0) is 9.53 Å². The molecule has 0 radical (unpaired) electrons. The van der Waals surface area contributed by atoms with Crippen LogP contribution >= 0.6 is 0 Å². The van der Waals surface area contributed by atoms with Gasteiger partial charge in [-0.3, -0.25) is 4.79 Å². The van der Waals surface area contributed by atoms with Gasteiger partial charge in [0.05, 0.1) is 12.5 Å². The standard InChI is InChI=1S/C24H48O2/c1-5-7-9-14-18-22(3)19-15-12-11-13-17-21-26-24(25)23(4)20-16-10-8-6-2/h22-23H,5-21H2,1-4H3. The molecule has 0 fully saturated rings. The lowest BCUT2D eigenvalue weighted by molar-refractivity contribution is -0.148. The Labute approximate surface area is 164 Å². The van der Waals surface area contributed by atoms with Crippen molar-refractivity contribution in [2.24, 2.45) is 11.8 Å². The van der Waals surface area contributed by atoms with Crippen LogP contribution in [0.3, 0.4) is 0 Å². The SMILES string of the molecule is CCCCCCC(C)CCCCCCCOC(=O)C(C)CCCCCC. The van der Waals surface area contributed by atoms with E-state index in [0.717, 1.165) is 25.2 Å². The average molecular weight is 369 g/mol. The number of carbonyl (C=O) groups is 1. The molecule has 0 aromatic rings. The molecule has 0 saturated heterocycles. The molecule has 2 atom stereocenters. The van der Waals surface area contributed by atoms with Crippen LogP contribution in [0.2, 0.25) is 0 Å². The summed E-state index contributed by atoms with van der Waals surface area (Å²) in [5.41, 5.74) is 0. The zero-order valence-electron chi connectivity index (χ0n) is 18.5. The molecule has 2 unspecified atom stereocenters. The smallest absolute Gasteiger partial charge is 0.308 e. The molecule has 0 bridgehead atoms. The Hall–Kier alpha value is -0.530. The second-order valence-corrected chi connectivity index (χ2v) is 8.43. The van der Waals surface area contributed by atoms with Gasteiger partial charge in [-0.25, -0.2) is 0 Å². The summed E-state index contributed by atoms with van der Waals surface area (Å²) >= 11 is 0. The number of esters is 1. The molecule has 2 heteroatoms. The van der Waals surface area contributed by atoms with E-state index in [4.69, 9.17) is 4.74 Å². The maximum absolute atomic E-state index is 11.9. The van der Waals surface area contributed by atoms with E-state index in [-0.39, 0.29) is 11.9 Å². The second kappa shape index (κ2) is 19.2. The summed E-state index contributed by atoms with van der Waals surface area (Å²) in [7, 11) is 0. The highest BCUT2D eigenvalue weighted by Crippen LogP contribution is 2.18. The fraction of sp³-hybridized carbons (Fsp3) is 0.958. The molecule has 0 aliphatic carbocycles. The third-order valence-corrected chi connectivity index (χ3v) is 5.53.